The van der Waals surface area contributed by atoms with Gasteiger partial charge in [-0.2, -0.15) is 0 Å². The molecule has 0 bridgehead atoms. The van der Waals surface area contributed by atoms with E-state index in [4.69, 9.17) is 0 Å². The van der Waals surface area contributed by atoms with Crippen LogP contribution >= 0.6 is 0 Å². The Morgan fingerprint density at radius 3 is 2.79 bits per heavy atom. The van der Waals surface area contributed by atoms with Crippen molar-refractivity contribution in [1.29, 1.82) is 0 Å². The van der Waals surface area contributed by atoms with Gasteiger partial charge < -0.3 is 10.3 Å². The molecule has 0 amide bonds. The van der Waals surface area contributed by atoms with E-state index in [0.717, 1.165) is 5.82 Å². The predicted molar refractivity (Wildman–Crippen MR) is 74.7 cm³/mol. The average Bonchev–Trinajstić information content (AvgIpc) is 2.90. The molecule has 2 N–H and O–H groups in total. The highest BCUT2D eigenvalue weighted by molar-refractivity contribution is 7.91. The number of nitrogens with zero attached hydrogens (tertiary/aromatic N) is 1. The summed E-state index contributed by atoms with van der Waals surface area (Å²) in [7, 11) is -3.23. The van der Waals surface area contributed by atoms with Crippen molar-refractivity contribution >= 4 is 15.5 Å². The molecule has 6 heteroatoms. The third kappa shape index (κ3) is 3.35. The third-order valence-corrected chi connectivity index (χ3v) is 4.67. The summed E-state index contributed by atoms with van der Waals surface area (Å²) in [5.74, 6) is 0.926. The lowest BCUT2D eigenvalue weighted by atomic mass is 10.3. The van der Waals surface area contributed by atoms with Gasteiger partial charge >= 0.3 is 0 Å². The summed E-state index contributed by atoms with van der Waals surface area (Å²) in [5, 5.41) is 3.11. The van der Waals surface area contributed by atoms with Gasteiger partial charge in [0.15, 0.2) is 9.84 Å². The lowest BCUT2D eigenvalue weighted by molar-refractivity contribution is 0.595. The summed E-state index contributed by atoms with van der Waals surface area (Å²) < 4.78 is 24.3. The van der Waals surface area contributed by atoms with Crippen LogP contribution in [0.3, 0.4) is 0 Å². The summed E-state index contributed by atoms with van der Waals surface area (Å²) in [5.41, 5.74) is 0.618. The van der Waals surface area contributed by atoms with Gasteiger partial charge in [0.05, 0.1) is 22.9 Å². The molecule has 0 saturated carbocycles. The Morgan fingerprint density at radius 2 is 2.11 bits per heavy atom. The van der Waals surface area contributed by atoms with Crippen molar-refractivity contribution in [2.75, 3.05) is 11.1 Å². The Morgan fingerprint density at radius 1 is 1.32 bits per heavy atom. The van der Waals surface area contributed by atoms with Crippen LogP contribution in [0.25, 0.3) is 0 Å². The summed E-state index contributed by atoms with van der Waals surface area (Å²) in [6, 6.07) is 6.96. The van der Waals surface area contributed by atoms with Crippen LogP contribution < -0.4 is 5.32 Å². The second-order valence-electron chi connectivity index (χ2n) is 4.20. The molecule has 1 aromatic heterocycles. The number of hydrogen-bond donors (Lipinski definition) is 2. The van der Waals surface area contributed by atoms with Crippen LogP contribution in [0.4, 0.5) is 5.69 Å². The number of aromatic amines is 1. The van der Waals surface area contributed by atoms with Crippen molar-refractivity contribution in [3.8, 4) is 0 Å². The second-order valence-corrected chi connectivity index (χ2v) is 6.28. The van der Waals surface area contributed by atoms with Gasteiger partial charge in [-0.15, -0.1) is 0 Å². The molecule has 0 aliphatic heterocycles. The van der Waals surface area contributed by atoms with Gasteiger partial charge in [0.1, 0.15) is 5.82 Å². The molecule has 0 aliphatic rings. The Balaban J connectivity index is 2.21. The largest absolute Gasteiger partial charge is 0.377 e. The van der Waals surface area contributed by atoms with E-state index in [-0.39, 0.29) is 5.75 Å². The standard InChI is InChI=1S/C13H17N3O2S/c1-2-9-19(17,18)12-6-4-3-5-11(12)16-10-13-14-7-8-15-13/h3-8,16H,2,9-10H2,1H3,(H,14,15). The molecule has 0 saturated heterocycles. The SMILES string of the molecule is CCCS(=O)(=O)c1ccccc1NCc1ncc[nH]1. The zero-order chi connectivity index (χ0) is 13.7. The third-order valence-electron chi connectivity index (χ3n) is 2.70. The molecule has 5 nitrogen and oxygen atoms in total. The zero-order valence-corrected chi connectivity index (χ0v) is 11.6. The van der Waals surface area contributed by atoms with Gasteiger partial charge in [-0.25, -0.2) is 13.4 Å². The number of benzene rings is 1. The van der Waals surface area contributed by atoms with Crippen LogP contribution in [0, 0.1) is 0 Å². The molecule has 0 atom stereocenters. The van der Waals surface area contributed by atoms with Crippen molar-refractivity contribution in [3.05, 3.63) is 42.5 Å². The van der Waals surface area contributed by atoms with Crippen LogP contribution in [0.5, 0.6) is 0 Å². The normalized spacial score (nSPS) is 11.4. The van der Waals surface area contributed by atoms with E-state index in [1.165, 1.54) is 0 Å². The van der Waals surface area contributed by atoms with Crippen LogP contribution in [0.15, 0.2) is 41.6 Å². The van der Waals surface area contributed by atoms with Gasteiger partial charge in [-0.3, -0.25) is 0 Å². The highest BCUT2D eigenvalue weighted by Gasteiger charge is 2.17. The van der Waals surface area contributed by atoms with E-state index >= 15 is 0 Å². The Labute approximate surface area is 113 Å². The number of aromatic nitrogens is 2. The summed E-state index contributed by atoms with van der Waals surface area (Å²) in [6.45, 7) is 2.32. The first-order valence-corrected chi connectivity index (χ1v) is 7.82. The number of nitrogens with one attached hydrogen (secondary N) is 2. The van der Waals surface area contributed by atoms with E-state index < -0.39 is 9.84 Å². The molecule has 1 heterocycles. The molecule has 0 spiro atoms. The van der Waals surface area contributed by atoms with E-state index in [9.17, 15) is 8.42 Å². The van der Waals surface area contributed by atoms with Crippen molar-refractivity contribution in [2.24, 2.45) is 0 Å². The number of rotatable bonds is 6. The maximum absolute atomic E-state index is 12.2. The molecular weight excluding hydrogens is 262 g/mol. The molecule has 2 rings (SSSR count). The highest BCUT2D eigenvalue weighted by Crippen LogP contribution is 2.22. The maximum Gasteiger partial charge on any atom is 0.180 e. The quantitative estimate of drug-likeness (QED) is 0.850. The fourth-order valence-corrected chi connectivity index (χ4v) is 3.35. The number of para-hydroxylation sites is 1. The van der Waals surface area contributed by atoms with Gasteiger partial charge in [-0.05, 0) is 18.6 Å². The summed E-state index contributed by atoms with van der Waals surface area (Å²) in [4.78, 5) is 7.41. The predicted octanol–water partition coefficient (Wildman–Crippen LogP) is 2.21. The minimum atomic E-state index is -3.23. The summed E-state index contributed by atoms with van der Waals surface area (Å²) in [6.07, 6.45) is 4.00. The van der Waals surface area contributed by atoms with Crippen molar-refractivity contribution in [1.82, 2.24) is 9.97 Å². The second kappa shape index (κ2) is 5.88. The number of sulfone groups is 1. The van der Waals surface area contributed by atoms with E-state index in [2.05, 4.69) is 15.3 Å². The van der Waals surface area contributed by atoms with Gasteiger partial charge in [-0.1, -0.05) is 19.1 Å². The van der Waals surface area contributed by atoms with Crippen molar-refractivity contribution in [2.45, 2.75) is 24.8 Å². The fourth-order valence-electron chi connectivity index (χ4n) is 1.84. The first kappa shape index (κ1) is 13.6. The Hall–Kier alpha value is -1.82. The van der Waals surface area contributed by atoms with Gasteiger partial charge in [0, 0.05) is 12.4 Å². The fraction of sp³-hybridized carbons (Fsp3) is 0.308. The maximum atomic E-state index is 12.2. The van der Waals surface area contributed by atoms with E-state index in [0.29, 0.717) is 23.5 Å². The molecule has 1 aromatic carbocycles. The van der Waals surface area contributed by atoms with Crippen LogP contribution in [-0.2, 0) is 16.4 Å². The van der Waals surface area contributed by atoms with Gasteiger partial charge in [0.2, 0.25) is 0 Å². The molecule has 19 heavy (non-hydrogen) atoms. The minimum Gasteiger partial charge on any atom is -0.377 e. The molecule has 0 aliphatic carbocycles. The number of H-pyrrole nitrogens is 1. The number of hydrogen-bond acceptors (Lipinski definition) is 4. The minimum absolute atomic E-state index is 0.159. The zero-order valence-electron chi connectivity index (χ0n) is 10.8. The lowest BCUT2D eigenvalue weighted by Gasteiger charge is -2.11. The molecule has 0 unspecified atom stereocenters. The first-order valence-electron chi connectivity index (χ1n) is 6.17. The Bertz CT molecular complexity index is 621. The van der Waals surface area contributed by atoms with Gasteiger partial charge in [0.25, 0.3) is 0 Å². The van der Waals surface area contributed by atoms with Crippen molar-refractivity contribution < 1.29 is 8.42 Å². The monoisotopic (exact) mass is 279 g/mol. The molecule has 0 radical (unpaired) electrons. The molecule has 102 valence electrons. The summed E-state index contributed by atoms with van der Waals surface area (Å²) >= 11 is 0. The number of anilines is 1. The molecule has 2 aromatic rings. The van der Waals surface area contributed by atoms with Crippen LogP contribution in [0.2, 0.25) is 0 Å². The molecular formula is C13H17N3O2S. The molecule has 0 fully saturated rings. The highest BCUT2D eigenvalue weighted by atomic mass is 32.2. The Kier molecular flexibility index (Phi) is 4.21. The van der Waals surface area contributed by atoms with Crippen LogP contribution in [-0.4, -0.2) is 24.1 Å². The first-order chi connectivity index (χ1) is 9.13. The van der Waals surface area contributed by atoms with Crippen molar-refractivity contribution in [3.63, 3.8) is 0 Å². The average molecular weight is 279 g/mol. The number of imidazole rings is 1. The smallest absolute Gasteiger partial charge is 0.180 e. The van der Waals surface area contributed by atoms with Crippen LogP contribution in [0.1, 0.15) is 19.2 Å². The lowest BCUT2D eigenvalue weighted by Crippen LogP contribution is -2.10. The topological polar surface area (TPSA) is 74.8 Å². The van der Waals surface area contributed by atoms with E-state index in [1.807, 2.05) is 13.0 Å². The van der Waals surface area contributed by atoms with E-state index in [1.54, 1.807) is 30.6 Å².